The third kappa shape index (κ3) is 7.84. The molecule has 4 heteroatoms. The molecule has 0 aliphatic heterocycles. The van der Waals surface area contributed by atoms with Gasteiger partial charge >= 0.3 is 0 Å². The van der Waals surface area contributed by atoms with Crippen molar-refractivity contribution in [3.05, 3.63) is 0 Å². The molecule has 62 valence electrons. The molecule has 0 aromatic heterocycles. The van der Waals surface area contributed by atoms with Gasteiger partial charge in [0.15, 0.2) is 0 Å². The van der Waals surface area contributed by atoms with Gasteiger partial charge in [0.05, 0.1) is 12.0 Å². The van der Waals surface area contributed by atoms with Crippen LogP contribution in [-0.2, 0) is 4.84 Å². The highest BCUT2D eigenvalue weighted by molar-refractivity contribution is 4.43. The van der Waals surface area contributed by atoms with Gasteiger partial charge in [-0.1, -0.05) is 13.8 Å². The highest BCUT2D eigenvalue weighted by atomic mass is 17.1. The summed E-state index contributed by atoms with van der Waals surface area (Å²) in [4.78, 5) is 4.34. The van der Waals surface area contributed by atoms with Crippen molar-refractivity contribution in [3.8, 4) is 0 Å². The normalized spacial score (nSPS) is 11.4. The summed E-state index contributed by atoms with van der Waals surface area (Å²) in [7, 11) is 0. The fourth-order valence-corrected chi connectivity index (χ4v) is 0.638. The lowest BCUT2D eigenvalue weighted by Gasteiger charge is -2.06. The fraction of sp³-hybridized carbons (Fsp3) is 1.00. The predicted octanol–water partition coefficient (Wildman–Crippen LogP) is 1.43. The number of hydrogen-bond donors (Lipinski definition) is 2. The highest BCUT2D eigenvalue weighted by Crippen LogP contribution is 2.02. The smallest absolute Gasteiger partial charge is 0.0736 e. The summed E-state index contributed by atoms with van der Waals surface area (Å²) in [5, 5.41) is 15.9. The maximum Gasteiger partial charge on any atom is 0.0736 e. The second kappa shape index (κ2) is 5.61. The summed E-state index contributed by atoms with van der Waals surface area (Å²) in [6, 6.07) is 0. The van der Waals surface area contributed by atoms with Crippen LogP contribution < -0.4 is 0 Å². The Labute approximate surface area is 60.9 Å². The SMILES string of the molecule is CC(C)CCCON(O)O. The quantitative estimate of drug-likeness (QED) is 0.458. The Morgan fingerprint density at radius 1 is 1.40 bits per heavy atom. The first-order chi connectivity index (χ1) is 4.63. The molecule has 0 aliphatic carbocycles. The number of nitrogens with zero attached hydrogens (tertiary/aromatic N) is 1. The monoisotopic (exact) mass is 149 g/mol. The van der Waals surface area contributed by atoms with Crippen molar-refractivity contribution in [2.24, 2.45) is 5.92 Å². The van der Waals surface area contributed by atoms with Crippen LogP contribution in [0.2, 0.25) is 0 Å². The molecule has 2 N–H and O–H groups in total. The van der Waals surface area contributed by atoms with E-state index in [-0.39, 0.29) is 5.39 Å². The fourth-order valence-electron chi connectivity index (χ4n) is 0.638. The molecule has 0 spiro atoms. The molecule has 0 rings (SSSR count). The van der Waals surface area contributed by atoms with Gasteiger partial charge in [-0.3, -0.25) is 15.3 Å². The minimum Gasteiger partial charge on any atom is -0.266 e. The van der Waals surface area contributed by atoms with E-state index in [4.69, 9.17) is 10.4 Å². The molecule has 0 atom stereocenters. The van der Waals surface area contributed by atoms with E-state index in [0.29, 0.717) is 12.5 Å². The van der Waals surface area contributed by atoms with Crippen LogP contribution in [0.4, 0.5) is 0 Å². The van der Waals surface area contributed by atoms with Crippen molar-refractivity contribution < 1.29 is 15.3 Å². The Balaban J connectivity index is 2.91. The highest BCUT2D eigenvalue weighted by Gasteiger charge is 1.96. The van der Waals surface area contributed by atoms with E-state index in [1.807, 2.05) is 0 Å². The van der Waals surface area contributed by atoms with Crippen LogP contribution in [0.3, 0.4) is 0 Å². The van der Waals surface area contributed by atoms with Gasteiger partial charge in [-0.25, -0.2) is 0 Å². The van der Waals surface area contributed by atoms with Crippen LogP contribution in [0.25, 0.3) is 0 Å². The molecule has 0 radical (unpaired) electrons. The van der Waals surface area contributed by atoms with Crippen LogP contribution in [0, 0.1) is 5.92 Å². The molecular formula is C6H15NO3. The second-order valence-corrected chi connectivity index (χ2v) is 2.62. The average molecular weight is 149 g/mol. The number of hydrogen-bond acceptors (Lipinski definition) is 4. The predicted molar refractivity (Wildman–Crippen MR) is 35.4 cm³/mol. The molecule has 0 aromatic carbocycles. The van der Waals surface area contributed by atoms with E-state index in [1.54, 1.807) is 0 Å². The standard InChI is InChI=1S/C6H15NO3/c1-6(2)4-3-5-10-7(8)9/h6,8-9H,3-5H2,1-2H3. The molecule has 0 saturated heterocycles. The summed E-state index contributed by atoms with van der Waals surface area (Å²) < 4.78 is 0. The molecule has 0 aromatic rings. The van der Waals surface area contributed by atoms with Gasteiger partial charge < -0.3 is 0 Å². The van der Waals surface area contributed by atoms with Crippen molar-refractivity contribution in [2.45, 2.75) is 26.7 Å². The number of rotatable bonds is 5. The van der Waals surface area contributed by atoms with Gasteiger partial charge in [0.2, 0.25) is 0 Å². The largest absolute Gasteiger partial charge is 0.266 e. The van der Waals surface area contributed by atoms with Crippen molar-refractivity contribution in [3.63, 3.8) is 0 Å². The summed E-state index contributed by atoms with van der Waals surface area (Å²) in [6.45, 7) is 4.57. The summed E-state index contributed by atoms with van der Waals surface area (Å²) >= 11 is 0. The topological polar surface area (TPSA) is 52.9 Å². The van der Waals surface area contributed by atoms with E-state index in [2.05, 4.69) is 18.7 Å². The first-order valence-corrected chi connectivity index (χ1v) is 3.43. The maximum atomic E-state index is 8.08. The Morgan fingerprint density at radius 2 is 2.00 bits per heavy atom. The average Bonchev–Trinajstić information content (AvgIpc) is 1.79. The Morgan fingerprint density at radius 3 is 2.40 bits per heavy atom. The Kier molecular flexibility index (Phi) is 5.52. The molecule has 0 heterocycles. The summed E-state index contributed by atoms with van der Waals surface area (Å²) in [5.74, 6) is 0.634. The van der Waals surface area contributed by atoms with E-state index in [0.717, 1.165) is 12.8 Å². The van der Waals surface area contributed by atoms with E-state index in [1.165, 1.54) is 0 Å². The molecule has 0 aliphatic rings. The van der Waals surface area contributed by atoms with Crippen LogP contribution in [0.15, 0.2) is 0 Å². The third-order valence-electron chi connectivity index (χ3n) is 1.13. The molecule has 0 fully saturated rings. The van der Waals surface area contributed by atoms with Gasteiger partial charge in [-0.05, 0) is 18.8 Å². The van der Waals surface area contributed by atoms with E-state index >= 15 is 0 Å². The third-order valence-corrected chi connectivity index (χ3v) is 1.13. The van der Waals surface area contributed by atoms with Crippen LogP contribution >= 0.6 is 0 Å². The van der Waals surface area contributed by atoms with Gasteiger partial charge in [0.25, 0.3) is 0 Å². The molecule has 0 bridgehead atoms. The molecule has 0 saturated carbocycles. The Hall–Kier alpha value is -0.160. The van der Waals surface area contributed by atoms with Crippen molar-refractivity contribution in [1.82, 2.24) is 5.39 Å². The van der Waals surface area contributed by atoms with Gasteiger partial charge in [-0.2, -0.15) is 0 Å². The Bertz CT molecular complexity index is 65.4. The first kappa shape index (κ1) is 9.84. The first-order valence-electron chi connectivity index (χ1n) is 3.43. The lowest BCUT2D eigenvalue weighted by molar-refractivity contribution is -0.492. The zero-order chi connectivity index (χ0) is 7.98. The van der Waals surface area contributed by atoms with Crippen LogP contribution in [-0.4, -0.2) is 22.4 Å². The molecular weight excluding hydrogens is 134 g/mol. The zero-order valence-electron chi connectivity index (χ0n) is 6.45. The van der Waals surface area contributed by atoms with Gasteiger partial charge in [0, 0.05) is 0 Å². The van der Waals surface area contributed by atoms with E-state index < -0.39 is 0 Å². The maximum absolute atomic E-state index is 8.08. The van der Waals surface area contributed by atoms with Crippen LogP contribution in [0.1, 0.15) is 26.7 Å². The van der Waals surface area contributed by atoms with Gasteiger partial charge in [-0.15, -0.1) is 0 Å². The van der Waals surface area contributed by atoms with Gasteiger partial charge in [0.1, 0.15) is 0 Å². The molecule has 0 unspecified atom stereocenters. The van der Waals surface area contributed by atoms with Crippen molar-refractivity contribution in [2.75, 3.05) is 6.61 Å². The lowest BCUT2D eigenvalue weighted by Crippen LogP contribution is -2.15. The minimum atomic E-state index is -0.250. The molecule has 10 heavy (non-hydrogen) atoms. The molecule has 0 amide bonds. The summed E-state index contributed by atoms with van der Waals surface area (Å²) in [6.07, 6.45) is 1.88. The summed E-state index contributed by atoms with van der Waals surface area (Å²) in [5.41, 5.74) is 0. The van der Waals surface area contributed by atoms with Crippen LogP contribution in [0.5, 0.6) is 0 Å². The van der Waals surface area contributed by atoms with Crippen molar-refractivity contribution in [1.29, 1.82) is 0 Å². The second-order valence-electron chi connectivity index (χ2n) is 2.62. The van der Waals surface area contributed by atoms with Crippen molar-refractivity contribution >= 4 is 0 Å². The minimum absolute atomic E-state index is 0.250. The van der Waals surface area contributed by atoms with E-state index in [9.17, 15) is 0 Å². The zero-order valence-corrected chi connectivity index (χ0v) is 6.45. The molecule has 4 nitrogen and oxygen atoms in total. The lowest BCUT2D eigenvalue weighted by atomic mass is 10.1.